The molecule has 3 aromatic rings. The van der Waals surface area contributed by atoms with Crippen LogP contribution in [0.3, 0.4) is 0 Å². The Kier molecular flexibility index (Phi) is 13.8. The SMILES string of the molecule is C=CC(F)=Cc1c(-c2cc3n(n2)C(C)CN(C(=O)OC(C)(C)C)C3)nc(C2=CC(=NC)/C(=C\C(C)CC)C=C2)c2scc(F)c12.C=CO.CC. The van der Waals surface area contributed by atoms with E-state index in [9.17, 15) is 9.18 Å². The van der Waals surface area contributed by atoms with Crippen LogP contribution in [0.1, 0.15) is 84.8 Å². The van der Waals surface area contributed by atoms with Crippen molar-refractivity contribution in [2.75, 3.05) is 13.6 Å². The second-order valence-electron chi connectivity index (χ2n) is 12.7. The van der Waals surface area contributed by atoms with Crippen LogP contribution in [0.2, 0.25) is 0 Å². The van der Waals surface area contributed by atoms with Crippen molar-refractivity contribution in [3.63, 3.8) is 0 Å². The van der Waals surface area contributed by atoms with Crippen molar-refractivity contribution in [3.05, 3.63) is 95.4 Å². The second kappa shape index (κ2) is 17.3. The van der Waals surface area contributed by atoms with Gasteiger partial charge >= 0.3 is 6.09 Å². The fourth-order valence-corrected chi connectivity index (χ4v) is 6.39. The Labute approximate surface area is 298 Å². The molecule has 1 amide bonds. The summed E-state index contributed by atoms with van der Waals surface area (Å²) < 4.78 is 38.5. The maximum Gasteiger partial charge on any atom is 0.410 e. The Morgan fingerprint density at radius 2 is 1.94 bits per heavy atom. The van der Waals surface area contributed by atoms with E-state index in [4.69, 9.17) is 19.9 Å². The van der Waals surface area contributed by atoms with Gasteiger partial charge in [-0.1, -0.05) is 65.5 Å². The molecular formula is C39H49F2N5O3S. The molecule has 5 rings (SSSR count). The zero-order valence-electron chi connectivity index (χ0n) is 30.6. The standard InChI is InChI=1S/C35H39F2N5O2S.C2H4O.C2H6/c1-9-20(3)13-22-11-12-23(14-28(22)38-8)31-33-30(27(37)19-45-33)26(15-24(36)10-2)32(39-31)29-16-25-18-41(17-21(4)42(25)40-29)34(43)44-35(5,6)7;1-2-3;1-2/h10-16,19-21H,2,9,17-18H2,1,3-8H3;2-3H,1H2;1-2H3/b22-13-,24-15?,38-28?;;. The van der Waals surface area contributed by atoms with Crippen molar-refractivity contribution in [1.82, 2.24) is 19.7 Å². The number of pyridine rings is 1. The maximum atomic E-state index is 15.6. The van der Waals surface area contributed by atoms with E-state index >= 15 is 4.39 Å². The molecule has 11 heteroatoms. The summed E-state index contributed by atoms with van der Waals surface area (Å²) in [6, 6.07) is 1.66. The number of aliphatic hydroxyl groups is 1. The van der Waals surface area contributed by atoms with E-state index in [-0.39, 0.29) is 23.5 Å². The van der Waals surface area contributed by atoms with Crippen LogP contribution in [0.15, 0.2) is 77.6 Å². The number of aliphatic hydroxyl groups excluding tert-OH is 1. The van der Waals surface area contributed by atoms with Crippen LogP contribution in [0.5, 0.6) is 0 Å². The van der Waals surface area contributed by atoms with Gasteiger partial charge in [-0.3, -0.25) is 9.67 Å². The maximum absolute atomic E-state index is 15.6. The number of amides is 1. The fourth-order valence-electron chi connectivity index (χ4n) is 5.45. The van der Waals surface area contributed by atoms with Gasteiger partial charge in [-0.15, -0.1) is 11.3 Å². The Morgan fingerprint density at radius 3 is 2.54 bits per heavy atom. The molecule has 2 atom stereocenters. The number of fused-ring (bicyclic) bond motifs is 2. The molecule has 1 N–H and O–H groups in total. The fraction of sp³-hybridized carbons (Fsp3) is 0.385. The van der Waals surface area contributed by atoms with Gasteiger partial charge in [-0.05, 0) is 63.5 Å². The van der Waals surface area contributed by atoms with Gasteiger partial charge in [0.05, 0.1) is 46.3 Å². The highest BCUT2D eigenvalue weighted by Crippen LogP contribution is 2.41. The Balaban J connectivity index is 0.00000128. The zero-order chi connectivity index (χ0) is 37.3. The first-order chi connectivity index (χ1) is 23.7. The number of thiophene rings is 1. The molecule has 50 heavy (non-hydrogen) atoms. The van der Waals surface area contributed by atoms with Gasteiger partial charge in [-0.2, -0.15) is 5.10 Å². The van der Waals surface area contributed by atoms with Crippen molar-refractivity contribution in [2.24, 2.45) is 10.9 Å². The smallest absolute Gasteiger partial charge is 0.410 e. The van der Waals surface area contributed by atoms with Crippen molar-refractivity contribution >= 4 is 44.9 Å². The molecule has 4 heterocycles. The predicted octanol–water partition coefficient (Wildman–Crippen LogP) is 10.8. The van der Waals surface area contributed by atoms with Gasteiger partial charge in [-0.25, -0.2) is 18.6 Å². The Morgan fingerprint density at radius 1 is 1.26 bits per heavy atom. The third kappa shape index (κ3) is 9.12. The van der Waals surface area contributed by atoms with E-state index in [0.29, 0.717) is 34.2 Å². The molecule has 1 aliphatic heterocycles. The lowest BCUT2D eigenvalue weighted by Gasteiger charge is -2.33. The summed E-state index contributed by atoms with van der Waals surface area (Å²) in [5.41, 5.74) is 4.32. The molecule has 2 aliphatic rings. The van der Waals surface area contributed by atoms with Gasteiger partial charge < -0.3 is 14.7 Å². The number of carbonyl (C=O) groups excluding carboxylic acids is 1. The highest BCUT2D eigenvalue weighted by molar-refractivity contribution is 7.17. The molecule has 0 aromatic carbocycles. The van der Waals surface area contributed by atoms with E-state index in [1.165, 1.54) is 22.8 Å². The summed E-state index contributed by atoms with van der Waals surface area (Å²) in [6.07, 6.45) is 11.8. The molecule has 0 saturated heterocycles. The Hall–Kier alpha value is -4.64. The monoisotopic (exact) mass is 705 g/mol. The number of hydrogen-bond acceptors (Lipinski definition) is 7. The molecule has 8 nitrogen and oxygen atoms in total. The van der Waals surface area contributed by atoms with E-state index in [0.717, 1.165) is 41.3 Å². The Bertz CT molecular complexity index is 1870. The van der Waals surface area contributed by atoms with Crippen LogP contribution < -0.4 is 0 Å². The largest absolute Gasteiger partial charge is 0.516 e. The first-order valence-electron chi connectivity index (χ1n) is 16.8. The van der Waals surface area contributed by atoms with E-state index in [1.54, 1.807) is 11.9 Å². The molecule has 3 aromatic heterocycles. The van der Waals surface area contributed by atoms with E-state index in [2.05, 4.69) is 38.1 Å². The molecular weight excluding hydrogens is 657 g/mol. The number of aliphatic imine (C=N–C) groups is 1. The molecule has 0 saturated carbocycles. The molecule has 1 aliphatic carbocycles. The zero-order valence-corrected chi connectivity index (χ0v) is 31.4. The molecule has 2 unspecified atom stereocenters. The lowest BCUT2D eigenvalue weighted by molar-refractivity contribution is 0.0166. The molecule has 0 bridgehead atoms. The molecule has 0 spiro atoms. The number of carbonyl (C=O) groups is 1. The first kappa shape index (κ1) is 39.8. The molecule has 0 radical (unpaired) electrons. The van der Waals surface area contributed by atoms with Crippen LogP contribution >= 0.6 is 11.3 Å². The quantitative estimate of drug-likeness (QED) is 0.204. The summed E-state index contributed by atoms with van der Waals surface area (Å²) in [4.78, 5) is 24.1. The van der Waals surface area contributed by atoms with E-state index in [1.807, 2.05) is 70.5 Å². The number of halogens is 2. The van der Waals surface area contributed by atoms with E-state index < -0.39 is 23.3 Å². The highest BCUT2D eigenvalue weighted by atomic mass is 32.1. The third-order valence-corrected chi connectivity index (χ3v) is 8.76. The van der Waals surface area contributed by atoms with Gasteiger partial charge in [0.15, 0.2) is 0 Å². The number of hydrogen-bond donors (Lipinski definition) is 1. The van der Waals surface area contributed by atoms with Crippen LogP contribution in [-0.4, -0.2) is 55.8 Å². The summed E-state index contributed by atoms with van der Waals surface area (Å²) in [7, 11) is 1.75. The topological polar surface area (TPSA) is 92.8 Å². The number of allylic oxidation sites excluding steroid dienone is 8. The van der Waals surface area contributed by atoms with Crippen LogP contribution in [0.4, 0.5) is 13.6 Å². The highest BCUT2D eigenvalue weighted by Gasteiger charge is 2.31. The minimum absolute atomic E-state index is 0.164. The van der Waals surface area contributed by atoms with Gasteiger partial charge in [0.2, 0.25) is 0 Å². The number of aromatic nitrogens is 3. The van der Waals surface area contributed by atoms with Crippen molar-refractivity contribution < 1.29 is 23.4 Å². The summed E-state index contributed by atoms with van der Waals surface area (Å²) >= 11 is 1.22. The lowest BCUT2D eigenvalue weighted by atomic mass is 9.93. The first-order valence-corrected chi connectivity index (χ1v) is 17.6. The van der Waals surface area contributed by atoms with Crippen molar-refractivity contribution in [1.29, 1.82) is 0 Å². The molecule has 268 valence electrons. The minimum atomic E-state index is -0.630. The van der Waals surface area contributed by atoms with Gasteiger partial charge in [0.25, 0.3) is 0 Å². The van der Waals surface area contributed by atoms with Crippen molar-refractivity contribution in [2.45, 2.75) is 80.0 Å². The lowest BCUT2D eigenvalue weighted by Crippen LogP contribution is -2.43. The third-order valence-electron chi connectivity index (χ3n) is 7.80. The minimum Gasteiger partial charge on any atom is -0.516 e. The number of nitrogens with zero attached hydrogens (tertiary/aromatic N) is 5. The summed E-state index contributed by atoms with van der Waals surface area (Å²) in [5.74, 6) is -0.715. The van der Waals surface area contributed by atoms with Crippen molar-refractivity contribution in [3.8, 4) is 11.4 Å². The van der Waals surface area contributed by atoms with Gasteiger partial charge in [0, 0.05) is 35.5 Å². The average molecular weight is 706 g/mol. The van der Waals surface area contributed by atoms with Crippen LogP contribution in [-0.2, 0) is 11.3 Å². The number of rotatable bonds is 6. The normalized spacial score (nSPS) is 18.1. The second-order valence-corrected chi connectivity index (χ2v) is 13.5. The number of ether oxygens (including phenoxy) is 1. The van der Waals surface area contributed by atoms with Crippen LogP contribution in [0, 0.1) is 11.7 Å². The summed E-state index contributed by atoms with van der Waals surface area (Å²) in [5, 5.41) is 13.9. The van der Waals surface area contributed by atoms with Crippen LogP contribution in [0.25, 0.3) is 33.1 Å². The average Bonchev–Trinajstić information content (AvgIpc) is 3.69. The molecule has 0 fully saturated rings. The predicted molar refractivity (Wildman–Crippen MR) is 204 cm³/mol. The van der Waals surface area contributed by atoms with Gasteiger partial charge in [0.1, 0.15) is 22.9 Å². The summed E-state index contributed by atoms with van der Waals surface area (Å²) in [6.45, 7) is 22.9.